The number of rotatable bonds is 1. The minimum absolute atomic E-state index is 0.0979. The van der Waals surface area contributed by atoms with Crippen LogP contribution in [0.15, 0.2) is 48.6 Å². The second-order valence-corrected chi connectivity index (χ2v) is 16.1. The van der Waals surface area contributed by atoms with E-state index in [2.05, 4.69) is 21.8 Å². The van der Waals surface area contributed by atoms with Crippen molar-refractivity contribution in [1.82, 2.24) is 4.72 Å². The van der Waals surface area contributed by atoms with E-state index in [-0.39, 0.29) is 17.3 Å². The number of anilines is 1. The molecule has 6 atom stereocenters. The van der Waals surface area contributed by atoms with Crippen molar-refractivity contribution in [3.63, 3.8) is 0 Å². The van der Waals surface area contributed by atoms with Crippen LogP contribution in [0.25, 0.3) is 0 Å². The Hall–Kier alpha value is -2.55. The molecule has 9 heteroatoms. The first-order valence-corrected chi connectivity index (χ1v) is 17.8. The third kappa shape index (κ3) is 5.48. The SMILES string of the molecule is C[C@H]1[C@H](C2CC2)C/C=C\[C@H](O)[C@@H]2CC[C@H]2CN2C[C@@]3(CCCc4cc(Cl)ccc43)COc3ccc(cc32)C(=O)NS1(=O)=O. The average Bonchev–Trinajstić information content (AvgIpc) is 3.81. The molecule has 5 aliphatic rings. The smallest absolute Gasteiger partial charge is 0.264 e. The molecule has 2 N–H and O–H groups in total. The van der Waals surface area contributed by atoms with Crippen LogP contribution in [0.5, 0.6) is 5.75 Å². The van der Waals surface area contributed by atoms with Gasteiger partial charge in [0.1, 0.15) is 5.75 Å². The van der Waals surface area contributed by atoms with E-state index in [4.69, 9.17) is 16.3 Å². The van der Waals surface area contributed by atoms with Gasteiger partial charge in [0.15, 0.2) is 0 Å². The number of aryl methyl sites for hydroxylation is 1. The summed E-state index contributed by atoms with van der Waals surface area (Å²) in [6.45, 7) is 3.63. The fraction of sp³-hybridized carbons (Fsp3) is 0.559. The quantitative estimate of drug-likeness (QED) is 0.399. The Kier molecular flexibility index (Phi) is 7.54. The molecule has 43 heavy (non-hydrogen) atoms. The molecule has 3 aliphatic carbocycles. The molecule has 7 rings (SSSR count). The summed E-state index contributed by atoms with van der Waals surface area (Å²) in [6, 6.07) is 11.5. The molecule has 2 bridgehead atoms. The second kappa shape index (κ2) is 11.1. The maximum Gasteiger partial charge on any atom is 0.264 e. The molecule has 0 saturated heterocycles. The van der Waals surface area contributed by atoms with E-state index < -0.39 is 27.3 Å². The number of halogens is 1. The molecule has 2 aromatic carbocycles. The minimum atomic E-state index is -3.92. The summed E-state index contributed by atoms with van der Waals surface area (Å²) in [6.07, 6.45) is 10.8. The normalized spacial score (nSPS) is 34.5. The number of ether oxygens (including phenoxy) is 1. The van der Waals surface area contributed by atoms with Gasteiger partial charge in [0.25, 0.3) is 5.91 Å². The number of hydrogen-bond acceptors (Lipinski definition) is 6. The Bertz CT molecular complexity index is 1560. The van der Waals surface area contributed by atoms with Gasteiger partial charge in [-0.1, -0.05) is 29.8 Å². The molecule has 2 aromatic rings. The number of allylic oxidation sites excluding steroid dienone is 1. The predicted molar refractivity (Wildman–Crippen MR) is 168 cm³/mol. The van der Waals surface area contributed by atoms with Gasteiger partial charge in [0.05, 0.1) is 23.6 Å². The van der Waals surface area contributed by atoms with Crippen molar-refractivity contribution in [2.45, 2.75) is 75.1 Å². The second-order valence-electron chi connectivity index (χ2n) is 13.6. The number of carbonyl (C=O) groups excluding carboxylic acids is 1. The standard InChI is InChI=1S/C34H41ClN2O5S/c1-21-27(22-7-8-22)5-2-6-31(38)28-12-9-25(28)18-37-19-34(15-3-4-23-16-26(35)11-13-29(23)34)20-42-32-14-10-24(17-30(32)37)33(39)36-43(21,40)41/h2,6,10-11,13-14,16-17,21-22,25,27-28,31,38H,3-5,7-9,12,15,18-20H2,1H3,(H,36,39)/b6-2-/t21-,25-,27+,28+,31-,34-/m0/s1. The highest BCUT2D eigenvalue weighted by Gasteiger charge is 2.45. The number of aliphatic hydroxyl groups excluding tert-OH is 1. The molecule has 1 amide bonds. The number of hydrogen-bond donors (Lipinski definition) is 2. The van der Waals surface area contributed by atoms with E-state index in [1.165, 1.54) is 11.1 Å². The summed E-state index contributed by atoms with van der Waals surface area (Å²) in [5.74, 6) is 0.735. The van der Waals surface area contributed by atoms with Gasteiger partial charge in [0, 0.05) is 29.1 Å². The van der Waals surface area contributed by atoms with Crippen LogP contribution in [-0.4, -0.2) is 50.5 Å². The first kappa shape index (κ1) is 29.2. The van der Waals surface area contributed by atoms with Gasteiger partial charge in [-0.2, -0.15) is 0 Å². The number of nitrogens with zero attached hydrogens (tertiary/aromatic N) is 1. The Morgan fingerprint density at radius 2 is 1.88 bits per heavy atom. The molecular formula is C34H41ClN2O5S. The lowest BCUT2D eigenvalue weighted by molar-refractivity contribution is 0.0455. The molecule has 2 aliphatic heterocycles. The number of nitrogens with one attached hydrogen (secondary N) is 1. The van der Waals surface area contributed by atoms with E-state index in [1.54, 1.807) is 19.1 Å². The van der Waals surface area contributed by atoms with Crippen LogP contribution in [0.2, 0.25) is 5.02 Å². The maximum absolute atomic E-state index is 13.5. The third-order valence-corrected chi connectivity index (χ3v) is 13.0. The number of benzene rings is 2. The van der Waals surface area contributed by atoms with Crippen molar-refractivity contribution in [2.75, 3.05) is 24.6 Å². The number of sulfonamides is 1. The molecule has 7 nitrogen and oxygen atoms in total. The van der Waals surface area contributed by atoms with Crippen molar-refractivity contribution < 1.29 is 23.1 Å². The fourth-order valence-corrected chi connectivity index (χ4v) is 9.68. The van der Waals surface area contributed by atoms with E-state index in [9.17, 15) is 18.3 Å². The molecule has 0 unspecified atom stereocenters. The van der Waals surface area contributed by atoms with Gasteiger partial charge in [-0.15, -0.1) is 0 Å². The van der Waals surface area contributed by atoms with Crippen LogP contribution >= 0.6 is 11.6 Å². The molecule has 1 spiro atoms. The topological polar surface area (TPSA) is 95.9 Å². The van der Waals surface area contributed by atoms with Crippen LogP contribution in [0.1, 0.15) is 73.4 Å². The zero-order valence-electron chi connectivity index (χ0n) is 24.7. The van der Waals surface area contributed by atoms with Crippen molar-refractivity contribution in [3.8, 4) is 5.75 Å². The summed E-state index contributed by atoms with van der Waals surface area (Å²) in [7, 11) is -3.92. The maximum atomic E-state index is 13.5. The average molecular weight is 625 g/mol. The van der Waals surface area contributed by atoms with E-state index >= 15 is 0 Å². The van der Waals surface area contributed by atoms with Gasteiger partial charge < -0.3 is 14.7 Å². The number of fused-ring (bicyclic) bond motifs is 4. The third-order valence-electron chi connectivity index (χ3n) is 11.0. The highest BCUT2D eigenvalue weighted by Crippen LogP contribution is 2.47. The number of carbonyl (C=O) groups is 1. The first-order valence-electron chi connectivity index (χ1n) is 15.8. The van der Waals surface area contributed by atoms with Gasteiger partial charge >= 0.3 is 0 Å². The highest BCUT2D eigenvalue weighted by atomic mass is 35.5. The van der Waals surface area contributed by atoms with Crippen LogP contribution in [0.3, 0.4) is 0 Å². The highest BCUT2D eigenvalue weighted by molar-refractivity contribution is 7.90. The molecule has 230 valence electrons. The molecule has 2 saturated carbocycles. The number of amides is 1. The van der Waals surface area contributed by atoms with Crippen molar-refractivity contribution in [3.05, 3.63) is 70.3 Å². The Balaban J connectivity index is 1.28. The van der Waals surface area contributed by atoms with Gasteiger partial charge in [-0.25, -0.2) is 13.1 Å². The van der Waals surface area contributed by atoms with E-state index in [0.29, 0.717) is 42.7 Å². The minimum Gasteiger partial charge on any atom is -0.490 e. The van der Waals surface area contributed by atoms with Crippen molar-refractivity contribution >= 4 is 33.2 Å². The predicted octanol–water partition coefficient (Wildman–Crippen LogP) is 5.63. The lowest BCUT2D eigenvalue weighted by Gasteiger charge is -2.45. The van der Waals surface area contributed by atoms with Crippen LogP contribution in [-0.2, 0) is 21.9 Å². The van der Waals surface area contributed by atoms with Crippen LogP contribution in [0.4, 0.5) is 5.69 Å². The van der Waals surface area contributed by atoms with Gasteiger partial charge in [-0.3, -0.25) is 4.79 Å². The summed E-state index contributed by atoms with van der Waals surface area (Å²) >= 11 is 6.40. The lowest BCUT2D eigenvalue weighted by Crippen LogP contribution is -2.49. The first-order chi connectivity index (χ1) is 20.6. The summed E-state index contributed by atoms with van der Waals surface area (Å²) in [4.78, 5) is 15.8. The zero-order valence-corrected chi connectivity index (χ0v) is 26.2. The molecular weight excluding hydrogens is 584 g/mol. The van der Waals surface area contributed by atoms with Gasteiger partial charge in [-0.05, 0) is 123 Å². The monoisotopic (exact) mass is 624 g/mol. The molecule has 0 radical (unpaired) electrons. The van der Waals surface area contributed by atoms with E-state index in [0.717, 1.165) is 62.2 Å². The molecule has 2 fully saturated rings. The zero-order chi connectivity index (χ0) is 29.9. The van der Waals surface area contributed by atoms with Gasteiger partial charge in [0.2, 0.25) is 10.0 Å². The lowest BCUT2D eigenvalue weighted by atomic mass is 9.68. The molecule has 0 aromatic heterocycles. The van der Waals surface area contributed by atoms with Crippen molar-refractivity contribution in [2.24, 2.45) is 23.7 Å². The fourth-order valence-electron chi connectivity index (χ4n) is 8.13. The van der Waals surface area contributed by atoms with Crippen molar-refractivity contribution in [1.29, 1.82) is 0 Å². The molecule has 2 heterocycles. The van der Waals surface area contributed by atoms with E-state index in [1.807, 2.05) is 24.3 Å². The summed E-state index contributed by atoms with van der Waals surface area (Å²) in [5, 5.41) is 11.3. The Morgan fingerprint density at radius 3 is 2.65 bits per heavy atom. The number of aliphatic hydroxyl groups is 1. The Morgan fingerprint density at radius 1 is 1.07 bits per heavy atom. The largest absolute Gasteiger partial charge is 0.490 e. The van der Waals surface area contributed by atoms with Crippen LogP contribution < -0.4 is 14.4 Å². The Labute approximate surface area is 259 Å². The summed E-state index contributed by atoms with van der Waals surface area (Å²) in [5.41, 5.74) is 3.37. The summed E-state index contributed by atoms with van der Waals surface area (Å²) < 4.78 is 35.9. The van der Waals surface area contributed by atoms with Crippen LogP contribution in [0, 0.1) is 23.7 Å².